The molecule has 0 bridgehead atoms. The lowest BCUT2D eigenvalue weighted by Gasteiger charge is -2.30. The van der Waals surface area contributed by atoms with Crippen LogP contribution < -0.4 is 11.1 Å². The molecule has 20 heavy (non-hydrogen) atoms. The van der Waals surface area contributed by atoms with Crippen LogP contribution in [0.2, 0.25) is 0 Å². The zero-order valence-electron chi connectivity index (χ0n) is 11.2. The standard InChI is InChI=1S/C12H20N4O3S/c13-4-6-15-12(17)10-2-1-7-16(9-10)20(18,19)11-3-5-14-8-11/h3,5,8,10,14H,1-2,4,6-7,9,13H2,(H,15,17). The predicted octanol–water partition coefficient (Wildman–Crippen LogP) is -0.510. The summed E-state index contributed by atoms with van der Waals surface area (Å²) in [6.07, 6.45) is 4.41. The Hall–Kier alpha value is -1.38. The van der Waals surface area contributed by atoms with Crippen molar-refractivity contribution in [3.8, 4) is 0 Å². The molecule has 0 radical (unpaired) electrons. The van der Waals surface area contributed by atoms with Gasteiger partial charge in [-0.2, -0.15) is 4.31 Å². The Balaban J connectivity index is 2.05. The maximum Gasteiger partial charge on any atom is 0.244 e. The van der Waals surface area contributed by atoms with E-state index in [0.29, 0.717) is 32.5 Å². The average molecular weight is 300 g/mol. The molecule has 1 fully saturated rings. The van der Waals surface area contributed by atoms with Crippen molar-refractivity contribution in [3.05, 3.63) is 18.5 Å². The molecule has 112 valence electrons. The number of H-pyrrole nitrogens is 1. The Kier molecular flexibility index (Phi) is 4.79. The monoisotopic (exact) mass is 300 g/mol. The third-order valence-corrected chi connectivity index (χ3v) is 5.27. The molecule has 0 aliphatic carbocycles. The third kappa shape index (κ3) is 3.20. The van der Waals surface area contributed by atoms with Crippen LogP contribution >= 0.6 is 0 Å². The van der Waals surface area contributed by atoms with Crippen molar-refractivity contribution in [2.45, 2.75) is 17.7 Å². The van der Waals surface area contributed by atoms with Gasteiger partial charge in [-0.15, -0.1) is 0 Å². The van der Waals surface area contributed by atoms with E-state index in [1.807, 2.05) is 0 Å². The molecular formula is C12H20N4O3S. The van der Waals surface area contributed by atoms with Gasteiger partial charge in [0, 0.05) is 38.6 Å². The summed E-state index contributed by atoms with van der Waals surface area (Å²) >= 11 is 0. The molecule has 0 aromatic carbocycles. The van der Waals surface area contributed by atoms with Crippen molar-refractivity contribution in [3.63, 3.8) is 0 Å². The summed E-state index contributed by atoms with van der Waals surface area (Å²) < 4.78 is 26.2. The zero-order valence-corrected chi connectivity index (χ0v) is 12.0. The second-order valence-electron chi connectivity index (χ2n) is 4.83. The molecule has 2 rings (SSSR count). The van der Waals surface area contributed by atoms with Crippen LogP contribution in [0.4, 0.5) is 0 Å². The SMILES string of the molecule is NCCNC(=O)C1CCCN(S(=O)(=O)c2cc[nH]c2)C1. The molecule has 0 saturated carbocycles. The van der Waals surface area contributed by atoms with Gasteiger partial charge in [0.2, 0.25) is 15.9 Å². The highest BCUT2D eigenvalue weighted by Gasteiger charge is 2.33. The second-order valence-corrected chi connectivity index (χ2v) is 6.77. The van der Waals surface area contributed by atoms with Crippen molar-refractivity contribution >= 4 is 15.9 Å². The van der Waals surface area contributed by atoms with Gasteiger partial charge in [0.05, 0.1) is 10.8 Å². The van der Waals surface area contributed by atoms with E-state index >= 15 is 0 Å². The fourth-order valence-corrected chi connectivity index (χ4v) is 3.83. The Morgan fingerprint density at radius 3 is 3.00 bits per heavy atom. The number of aromatic nitrogens is 1. The number of nitrogens with zero attached hydrogens (tertiary/aromatic N) is 1. The topological polar surface area (TPSA) is 108 Å². The van der Waals surface area contributed by atoms with Crippen LogP contribution in [0.25, 0.3) is 0 Å². The van der Waals surface area contributed by atoms with Crippen molar-refractivity contribution < 1.29 is 13.2 Å². The summed E-state index contributed by atoms with van der Waals surface area (Å²) in [5.41, 5.74) is 5.34. The first-order valence-corrected chi connectivity index (χ1v) is 8.10. The first-order valence-electron chi connectivity index (χ1n) is 6.66. The number of carbonyl (C=O) groups excluding carboxylic acids is 1. The van der Waals surface area contributed by atoms with Gasteiger partial charge in [0.1, 0.15) is 0 Å². The summed E-state index contributed by atoms with van der Waals surface area (Å²) in [5.74, 6) is -0.423. The van der Waals surface area contributed by atoms with Crippen molar-refractivity contribution in [2.24, 2.45) is 11.7 Å². The summed E-state index contributed by atoms with van der Waals surface area (Å²) in [5, 5.41) is 2.72. The first-order chi connectivity index (χ1) is 9.55. The first kappa shape index (κ1) is 15.0. The highest BCUT2D eigenvalue weighted by molar-refractivity contribution is 7.89. The number of aromatic amines is 1. The highest BCUT2D eigenvalue weighted by Crippen LogP contribution is 2.23. The number of piperidine rings is 1. The number of nitrogens with one attached hydrogen (secondary N) is 2. The van der Waals surface area contributed by atoms with Gasteiger partial charge < -0.3 is 16.0 Å². The molecule has 4 N–H and O–H groups in total. The van der Waals surface area contributed by atoms with Crippen LogP contribution in [-0.4, -0.2) is 49.8 Å². The summed E-state index contributed by atoms with van der Waals surface area (Å²) in [6, 6.07) is 1.52. The molecule has 1 amide bonds. The Morgan fingerprint density at radius 2 is 2.35 bits per heavy atom. The summed E-state index contributed by atoms with van der Waals surface area (Å²) in [4.78, 5) is 14.9. The van der Waals surface area contributed by atoms with Crippen molar-refractivity contribution in [2.75, 3.05) is 26.2 Å². The quantitative estimate of drug-likeness (QED) is 0.680. The molecule has 1 aromatic heterocycles. The Labute approximate surface area is 118 Å². The molecular weight excluding hydrogens is 280 g/mol. The number of nitrogens with two attached hydrogens (primary N) is 1. The molecule has 1 aromatic rings. The van der Waals surface area contributed by atoms with Crippen LogP contribution in [0.3, 0.4) is 0 Å². The van der Waals surface area contributed by atoms with E-state index in [1.54, 1.807) is 6.20 Å². The smallest absolute Gasteiger partial charge is 0.244 e. The molecule has 1 atom stereocenters. The fourth-order valence-electron chi connectivity index (χ4n) is 2.33. The lowest BCUT2D eigenvalue weighted by molar-refractivity contribution is -0.126. The van der Waals surface area contributed by atoms with Gasteiger partial charge in [-0.1, -0.05) is 0 Å². The summed E-state index contributed by atoms with van der Waals surface area (Å²) in [6.45, 7) is 1.47. The molecule has 0 spiro atoms. The third-order valence-electron chi connectivity index (χ3n) is 3.41. The average Bonchev–Trinajstić information content (AvgIpc) is 2.99. The Morgan fingerprint density at radius 1 is 1.55 bits per heavy atom. The van der Waals surface area contributed by atoms with Crippen molar-refractivity contribution in [1.82, 2.24) is 14.6 Å². The number of sulfonamides is 1. The van der Waals surface area contributed by atoms with Gasteiger partial charge >= 0.3 is 0 Å². The zero-order chi connectivity index (χ0) is 14.6. The van der Waals surface area contributed by atoms with Crippen LogP contribution in [-0.2, 0) is 14.8 Å². The maximum absolute atomic E-state index is 12.4. The van der Waals surface area contributed by atoms with Gasteiger partial charge in [-0.3, -0.25) is 4.79 Å². The van der Waals surface area contributed by atoms with E-state index in [4.69, 9.17) is 5.73 Å². The van der Waals surface area contributed by atoms with Crippen LogP contribution in [0, 0.1) is 5.92 Å². The van der Waals surface area contributed by atoms with Crippen molar-refractivity contribution in [1.29, 1.82) is 0 Å². The second kappa shape index (κ2) is 6.38. The molecule has 1 aliphatic heterocycles. The Bertz CT molecular complexity index is 541. The van der Waals surface area contributed by atoms with Crippen LogP contribution in [0.15, 0.2) is 23.4 Å². The number of carbonyl (C=O) groups is 1. The van der Waals surface area contributed by atoms with E-state index in [1.165, 1.54) is 16.6 Å². The largest absolute Gasteiger partial charge is 0.366 e. The van der Waals surface area contributed by atoms with E-state index in [-0.39, 0.29) is 23.3 Å². The minimum Gasteiger partial charge on any atom is -0.366 e. The fraction of sp³-hybridized carbons (Fsp3) is 0.583. The lowest BCUT2D eigenvalue weighted by atomic mass is 9.99. The minimum absolute atomic E-state index is 0.121. The minimum atomic E-state index is -3.51. The van der Waals surface area contributed by atoms with E-state index in [0.717, 1.165) is 0 Å². The number of amides is 1. The van der Waals surface area contributed by atoms with Gasteiger partial charge in [0.25, 0.3) is 0 Å². The van der Waals surface area contributed by atoms with E-state index < -0.39 is 10.0 Å². The molecule has 7 nitrogen and oxygen atoms in total. The van der Waals surface area contributed by atoms with Gasteiger partial charge in [-0.05, 0) is 18.9 Å². The lowest BCUT2D eigenvalue weighted by Crippen LogP contribution is -2.46. The van der Waals surface area contributed by atoms with Gasteiger partial charge in [0.15, 0.2) is 0 Å². The van der Waals surface area contributed by atoms with E-state index in [2.05, 4.69) is 10.3 Å². The van der Waals surface area contributed by atoms with Gasteiger partial charge in [-0.25, -0.2) is 8.42 Å². The molecule has 1 saturated heterocycles. The van der Waals surface area contributed by atoms with E-state index in [9.17, 15) is 13.2 Å². The molecule has 2 heterocycles. The number of hydrogen-bond donors (Lipinski definition) is 3. The summed E-state index contributed by atoms with van der Waals surface area (Å²) in [7, 11) is -3.51. The normalized spacial score (nSPS) is 20.8. The van der Waals surface area contributed by atoms with Crippen LogP contribution in [0.1, 0.15) is 12.8 Å². The highest BCUT2D eigenvalue weighted by atomic mass is 32.2. The number of hydrogen-bond acceptors (Lipinski definition) is 4. The predicted molar refractivity (Wildman–Crippen MR) is 74.3 cm³/mol. The molecule has 8 heteroatoms. The maximum atomic E-state index is 12.4. The van der Waals surface area contributed by atoms with Crippen LogP contribution in [0.5, 0.6) is 0 Å². The number of rotatable bonds is 5. The molecule has 1 unspecified atom stereocenters. The molecule has 1 aliphatic rings.